The van der Waals surface area contributed by atoms with Crippen LogP contribution in [0.1, 0.15) is 66.7 Å². The molecule has 11 heavy (non-hydrogen) atoms. The van der Waals surface area contributed by atoms with Crippen LogP contribution in [0, 0.1) is 5.92 Å². The van der Waals surface area contributed by atoms with Crippen LogP contribution in [-0.4, -0.2) is 0 Å². The standard InChI is InChI=1S/C10H22.CH4/c1-4-7-9-10(6-3)8-5-2;/h10H,4-9H2,1-3H3;1H4. The van der Waals surface area contributed by atoms with E-state index in [1.807, 2.05) is 0 Å². The molecule has 0 spiro atoms. The minimum Gasteiger partial charge on any atom is -0.0776 e. The zero-order valence-electron chi connectivity index (χ0n) is 7.82. The molecule has 1 unspecified atom stereocenters. The Kier molecular flexibility index (Phi) is 12.3. The fourth-order valence-electron chi connectivity index (χ4n) is 1.45. The number of unbranched alkanes of at least 4 members (excludes halogenated alkanes) is 1. The molecule has 70 valence electrons. The van der Waals surface area contributed by atoms with Crippen LogP contribution in [-0.2, 0) is 0 Å². The van der Waals surface area contributed by atoms with Gasteiger partial charge in [-0.2, -0.15) is 0 Å². The minimum atomic E-state index is 0. The highest BCUT2D eigenvalue weighted by Crippen LogP contribution is 2.17. The van der Waals surface area contributed by atoms with Crippen LogP contribution < -0.4 is 0 Å². The first kappa shape index (κ1) is 13.6. The summed E-state index contributed by atoms with van der Waals surface area (Å²) in [5, 5.41) is 0. The zero-order chi connectivity index (χ0) is 7.82. The summed E-state index contributed by atoms with van der Waals surface area (Å²) in [7, 11) is 0. The summed E-state index contributed by atoms with van der Waals surface area (Å²) in [6.07, 6.45) is 8.44. The molecule has 0 aliphatic rings. The molecular weight excluding hydrogens is 132 g/mol. The van der Waals surface area contributed by atoms with Gasteiger partial charge in [0.1, 0.15) is 0 Å². The van der Waals surface area contributed by atoms with Crippen LogP contribution >= 0.6 is 0 Å². The van der Waals surface area contributed by atoms with E-state index in [1.165, 1.54) is 38.5 Å². The summed E-state index contributed by atoms with van der Waals surface area (Å²) >= 11 is 0. The predicted octanol–water partition coefficient (Wildman–Crippen LogP) is 4.64. The van der Waals surface area contributed by atoms with Crippen molar-refractivity contribution in [1.82, 2.24) is 0 Å². The van der Waals surface area contributed by atoms with Gasteiger partial charge < -0.3 is 0 Å². The van der Waals surface area contributed by atoms with E-state index in [-0.39, 0.29) is 7.43 Å². The van der Waals surface area contributed by atoms with Gasteiger partial charge in [-0.3, -0.25) is 0 Å². The molecule has 0 rings (SSSR count). The van der Waals surface area contributed by atoms with Crippen molar-refractivity contribution in [3.8, 4) is 0 Å². The molecule has 0 fully saturated rings. The Morgan fingerprint density at radius 2 is 1.55 bits per heavy atom. The fourth-order valence-corrected chi connectivity index (χ4v) is 1.45. The van der Waals surface area contributed by atoms with Gasteiger partial charge in [0.25, 0.3) is 0 Å². The molecule has 0 N–H and O–H groups in total. The summed E-state index contributed by atoms with van der Waals surface area (Å²) in [6.45, 7) is 6.88. The molecule has 0 saturated heterocycles. The second kappa shape index (κ2) is 10.0. The average molecular weight is 158 g/mol. The van der Waals surface area contributed by atoms with Crippen molar-refractivity contribution < 1.29 is 0 Å². The Balaban J connectivity index is 0. The highest BCUT2D eigenvalue weighted by Gasteiger charge is 2.02. The molecule has 0 aromatic carbocycles. The van der Waals surface area contributed by atoms with E-state index in [9.17, 15) is 0 Å². The normalized spacial score (nSPS) is 12.3. The molecule has 0 aliphatic heterocycles. The first-order valence-corrected chi connectivity index (χ1v) is 4.85. The number of rotatable bonds is 6. The largest absolute Gasteiger partial charge is 0.0776 e. The van der Waals surface area contributed by atoms with Crippen molar-refractivity contribution in [3.05, 3.63) is 0 Å². The van der Waals surface area contributed by atoms with Crippen molar-refractivity contribution in [2.75, 3.05) is 0 Å². The van der Waals surface area contributed by atoms with E-state index in [1.54, 1.807) is 0 Å². The van der Waals surface area contributed by atoms with Gasteiger partial charge in [0.15, 0.2) is 0 Å². The van der Waals surface area contributed by atoms with Crippen LogP contribution in [0.25, 0.3) is 0 Å². The molecule has 0 amide bonds. The Morgan fingerprint density at radius 3 is 1.91 bits per heavy atom. The Hall–Kier alpha value is 0. The molecular formula is C11H26. The molecule has 0 saturated carbocycles. The van der Waals surface area contributed by atoms with Gasteiger partial charge in [-0.05, 0) is 5.92 Å². The van der Waals surface area contributed by atoms with Crippen molar-refractivity contribution >= 4 is 0 Å². The van der Waals surface area contributed by atoms with Crippen molar-refractivity contribution in [2.24, 2.45) is 5.92 Å². The smallest absolute Gasteiger partial charge is 0.0417 e. The van der Waals surface area contributed by atoms with Crippen LogP contribution in [0.4, 0.5) is 0 Å². The third kappa shape index (κ3) is 7.90. The molecule has 0 aromatic rings. The minimum absolute atomic E-state index is 0. The predicted molar refractivity (Wildman–Crippen MR) is 54.9 cm³/mol. The second-order valence-electron chi connectivity index (χ2n) is 3.21. The van der Waals surface area contributed by atoms with E-state index < -0.39 is 0 Å². The maximum Gasteiger partial charge on any atom is -0.0417 e. The highest BCUT2D eigenvalue weighted by molar-refractivity contribution is 4.55. The Labute approximate surface area is 73.4 Å². The van der Waals surface area contributed by atoms with E-state index in [4.69, 9.17) is 0 Å². The third-order valence-corrected chi connectivity index (χ3v) is 2.24. The van der Waals surface area contributed by atoms with Crippen LogP contribution in [0.3, 0.4) is 0 Å². The van der Waals surface area contributed by atoms with E-state index in [2.05, 4.69) is 20.8 Å². The second-order valence-corrected chi connectivity index (χ2v) is 3.21. The molecule has 0 aliphatic carbocycles. The molecule has 0 radical (unpaired) electrons. The lowest BCUT2D eigenvalue weighted by atomic mass is 9.95. The molecule has 1 atom stereocenters. The van der Waals surface area contributed by atoms with Gasteiger partial charge in [-0.15, -0.1) is 0 Å². The lowest BCUT2D eigenvalue weighted by Gasteiger charge is -2.11. The Morgan fingerprint density at radius 1 is 0.909 bits per heavy atom. The maximum atomic E-state index is 2.32. The zero-order valence-corrected chi connectivity index (χ0v) is 7.82. The van der Waals surface area contributed by atoms with Gasteiger partial charge in [-0.1, -0.05) is 66.7 Å². The summed E-state index contributed by atoms with van der Waals surface area (Å²) in [5.74, 6) is 1.02. The third-order valence-electron chi connectivity index (χ3n) is 2.24. The SMILES string of the molecule is C.CCCCC(CC)CCC. The van der Waals surface area contributed by atoms with E-state index >= 15 is 0 Å². The van der Waals surface area contributed by atoms with Gasteiger partial charge in [0.2, 0.25) is 0 Å². The number of hydrogen-bond donors (Lipinski definition) is 0. The quantitative estimate of drug-likeness (QED) is 0.528. The molecule has 0 bridgehead atoms. The van der Waals surface area contributed by atoms with Gasteiger partial charge in [-0.25, -0.2) is 0 Å². The van der Waals surface area contributed by atoms with E-state index in [0.717, 1.165) is 5.92 Å². The molecule has 0 heterocycles. The first-order valence-electron chi connectivity index (χ1n) is 4.85. The lowest BCUT2D eigenvalue weighted by molar-refractivity contribution is 0.417. The lowest BCUT2D eigenvalue weighted by Crippen LogP contribution is -1.97. The molecule has 0 heteroatoms. The van der Waals surface area contributed by atoms with E-state index in [0.29, 0.717) is 0 Å². The topological polar surface area (TPSA) is 0 Å². The molecule has 0 aromatic heterocycles. The fraction of sp³-hybridized carbons (Fsp3) is 1.00. The highest BCUT2D eigenvalue weighted by atomic mass is 14.1. The molecule has 0 nitrogen and oxygen atoms in total. The summed E-state index contributed by atoms with van der Waals surface area (Å²) in [6, 6.07) is 0. The maximum absolute atomic E-state index is 2.32. The Bertz CT molecular complexity index is 57.1. The van der Waals surface area contributed by atoms with Crippen molar-refractivity contribution in [3.63, 3.8) is 0 Å². The average Bonchev–Trinajstić information content (AvgIpc) is 1.98. The van der Waals surface area contributed by atoms with Gasteiger partial charge in [0.05, 0.1) is 0 Å². The number of hydrogen-bond acceptors (Lipinski definition) is 0. The van der Waals surface area contributed by atoms with Crippen molar-refractivity contribution in [1.29, 1.82) is 0 Å². The first-order chi connectivity index (χ1) is 4.85. The van der Waals surface area contributed by atoms with Crippen LogP contribution in [0.2, 0.25) is 0 Å². The van der Waals surface area contributed by atoms with Crippen molar-refractivity contribution in [2.45, 2.75) is 66.7 Å². The van der Waals surface area contributed by atoms with Crippen LogP contribution in [0.15, 0.2) is 0 Å². The van der Waals surface area contributed by atoms with Gasteiger partial charge in [0, 0.05) is 0 Å². The summed E-state index contributed by atoms with van der Waals surface area (Å²) in [4.78, 5) is 0. The summed E-state index contributed by atoms with van der Waals surface area (Å²) < 4.78 is 0. The van der Waals surface area contributed by atoms with Gasteiger partial charge >= 0.3 is 0 Å². The summed E-state index contributed by atoms with van der Waals surface area (Å²) in [5.41, 5.74) is 0. The van der Waals surface area contributed by atoms with Crippen LogP contribution in [0.5, 0.6) is 0 Å². The monoisotopic (exact) mass is 158 g/mol.